The number of benzene rings is 1. The molecule has 8 heteroatoms. The van der Waals surface area contributed by atoms with Crippen molar-refractivity contribution < 1.29 is 23.9 Å². The Kier molecular flexibility index (Phi) is 6.86. The molecule has 2 fully saturated rings. The van der Waals surface area contributed by atoms with Crippen molar-refractivity contribution in [3.05, 3.63) is 18.2 Å². The van der Waals surface area contributed by atoms with Crippen LogP contribution in [0.15, 0.2) is 18.2 Å². The molecule has 2 aliphatic heterocycles. The monoisotopic (exact) mass is 443 g/mol. The lowest BCUT2D eigenvalue weighted by atomic mass is 9.96. The zero-order valence-corrected chi connectivity index (χ0v) is 18.9. The maximum atomic E-state index is 13.1. The van der Waals surface area contributed by atoms with Crippen LogP contribution in [0.2, 0.25) is 0 Å². The summed E-state index contributed by atoms with van der Waals surface area (Å²) in [7, 11) is 0. The van der Waals surface area contributed by atoms with Crippen molar-refractivity contribution in [3.8, 4) is 11.5 Å². The lowest BCUT2D eigenvalue weighted by Crippen LogP contribution is -2.53. The molecular formula is C24H33N3O5. The van der Waals surface area contributed by atoms with E-state index < -0.39 is 12.0 Å². The van der Waals surface area contributed by atoms with Crippen molar-refractivity contribution in [1.29, 1.82) is 0 Å². The maximum Gasteiger partial charge on any atom is 0.243 e. The van der Waals surface area contributed by atoms with Crippen molar-refractivity contribution in [2.75, 3.05) is 24.7 Å². The number of hydrogen-bond acceptors (Lipinski definition) is 5. The number of carbonyl (C=O) groups excluding carboxylic acids is 3. The Hall–Kier alpha value is -2.77. The number of hydrogen-bond donors (Lipinski definition) is 2. The summed E-state index contributed by atoms with van der Waals surface area (Å²) in [6.07, 6.45) is 5.15. The second-order valence-corrected chi connectivity index (χ2v) is 9.10. The molecule has 174 valence electrons. The van der Waals surface area contributed by atoms with E-state index in [0.717, 1.165) is 32.1 Å². The molecule has 4 rings (SSSR count). The highest BCUT2D eigenvalue weighted by Crippen LogP contribution is 2.36. The highest BCUT2D eigenvalue weighted by atomic mass is 16.6. The second-order valence-electron chi connectivity index (χ2n) is 9.10. The van der Waals surface area contributed by atoms with E-state index in [1.165, 1.54) is 0 Å². The minimum Gasteiger partial charge on any atom is -0.486 e. The Morgan fingerprint density at radius 1 is 1.16 bits per heavy atom. The van der Waals surface area contributed by atoms with Crippen LogP contribution in [0, 0.1) is 11.8 Å². The number of anilines is 1. The maximum absolute atomic E-state index is 13.1. The van der Waals surface area contributed by atoms with Gasteiger partial charge in [-0.1, -0.05) is 33.1 Å². The first-order chi connectivity index (χ1) is 15.5. The van der Waals surface area contributed by atoms with Crippen LogP contribution in [0.3, 0.4) is 0 Å². The lowest BCUT2D eigenvalue weighted by Gasteiger charge is -2.26. The SMILES string of the molecule is CC[C@@H](C)[C@H](NC(=O)[C@@H]1CC(=O)N(c2ccc3c(c2)OCCO3)C1)C(=O)NC1CCCC1. The number of carbonyl (C=O) groups is 3. The molecule has 0 unspecified atom stereocenters. The fourth-order valence-corrected chi connectivity index (χ4v) is 4.67. The van der Waals surface area contributed by atoms with Crippen LogP contribution >= 0.6 is 0 Å². The molecule has 0 aromatic heterocycles. The summed E-state index contributed by atoms with van der Waals surface area (Å²) in [6.45, 7) is 5.23. The first kappa shape index (κ1) is 22.4. The number of nitrogens with zero attached hydrogens (tertiary/aromatic N) is 1. The van der Waals surface area contributed by atoms with Crippen LogP contribution in [0.25, 0.3) is 0 Å². The molecule has 32 heavy (non-hydrogen) atoms. The quantitative estimate of drug-likeness (QED) is 0.675. The van der Waals surface area contributed by atoms with Gasteiger partial charge in [-0.15, -0.1) is 0 Å². The van der Waals surface area contributed by atoms with Gasteiger partial charge in [0.2, 0.25) is 17.7 Å². The molecule has 0 spiro atoms. The molecule has 1 aliphatic carbocycles. The van der Waals surface area contributed by atoms with Crippen molar-refractivity contribution in [3.63, 3.8) is 0 Å². The molecule has 1 aromatic carbocycles. The minimum absolute atomic E-state index is 0.00588. The van der Waals surface area contributed by atoms with Gasteiger partial charge in [-0.25, -0.2) is 0 Å². The Balaban J connectivity index is 1.41. The minimum atomic E-state index is -0.591. The van der Waals surface area contributed by atoms with Crippen molar-refractivity contribution in [2.45, 2.75) is 64.5 Å². The van der Waals surface area contributed by atoms with Crippen molar-refractivity contribution in [1.82, 2.24) is 10.6 Å². The number of ether oxygens (including phenoxy) is 2. The van der Waals surface area contributed by atoms with Gasteiger partial charge in [-0.2, -0.15) is 0 Å². The third kappa shape index (κ3) is 4.84. The molecule has 1 saturated heterocycles. The Bertz CT molecular complexity index is 867. The van der Waals surface area contributed by atoms with Crippen LogP contribution in [-0.4, -0.2) is 49.6 Å². The summed E-state index contributed by atoms with van der Waals surface area (Å²) >= 11 is 0. The average Bonchev–Trinajstić information content (AvgIpc) is 3.46. The Morgan fingerprint density at radius 2 is 1.88 bits per heavy atom. The third-order valence-corrected chi connectivity index (χ3v) is 6.83. The van der Waals surface area contributed by atoms with Crippen LogP contribution in [0.1, 0.15) is 52.4 Å². The lowest BCUT2D eigenvalue weighted by molar-refractivity contribution is -0.132. The van der Waals surface area contributed by atoms with Gasteiger partial charge < -0.3 is 25.0 Å². The molecule has 8 nitrogen and oxygen atoms in total. The average molecular weight is 444 g/mol. The molecule has 0 bridgehead atoms. The molecular weight excluding hydrogens is 410 g/mol. The number of nitrogens with one attached hydrogen (secondary N) is 2. The summed E-state index contributed by atoms with van der Waals surface area (Å²) in [5.41, 5.74) is 0.687. The zero-order chi connectivity index (χ0) is 22.7. The van der Waals surface area contributed by atoms with E-state index in [2.05, 4.69) is 10.6 Å². The molecule has 0 radical (unpaired) electrons. The van der Waals surface area contributed by atoms with Gasteiger partial charge in [0.15, 0.2) is 11.5 Å². The van der Waals surface area contributed by atoms with E-state index in [-0.39, 0.29) is 42.6 Å². The van der Waals surface area contributed by atoms with Gasteiger partial charge in [0.25, 0.3) is 0 Å². The molecule has 2 heterocycles. The zero-order valence-electron chi connectivity index (χ0n) is 18.9. The van der Waals surface area contributed by atoms with E-state index in [1.807, 2.05) is 19.9 Å². The van der Waals surface area contributed by atoms with E-state index in [0.29, 0.717) is 30.4 Å². The fourth-order valence-electron chi connectivity index (χ4n) is 4.67. The normalized spacial score (nSPS) is 22.5. The van der Waals surface area contributed by atoms with Gasteiger partial charge in [0.1, 0.15) is 19.3 Å². The van der Waals surface area contributed by atoms with Gasteiger partial charge in [0, 0.05) is 30.8 Å². The highest BCUT2D eigenvalue weighted by molar-refractivity contribution is 6.01. The highest BCUT2D eigenvalue weighted by Gasteiger charge is 2.38. The third-order valence-electron chi connectivity index (χ3n) is 6.83. The molecule has 3 amide bonds. The Labute approximate surface area is 189 Å². The topological polar surface area (TPSA) is 97.0 Å². The van der Waals surface area contributed by atoms with Gasteiger partial charge in [-0.3, -0.25) is 14.4 Å². The van der Waals surface area contributed by atoms with Crippen LogP contribution < -0.4 is 25.0 Å². The largest absolute Gasteiger partial charge is 0.486 e. The predicted octanol–water partition coefficient (Wildman–Crippen LogP) is 2.40. The van der Waals surface area contributed by atoms with E-state index in [1.54, 1.807) is 17.0 Å². The summed E-state index contributed by atoms with van der Waals surface area (Å²) < 4.78 is 11.2. The van der Waals surface area contributed by atoms with Crippen LogP contribution in [0.5, 0.6) is 11.5 Å². The van der Waals surface area contributed by atoms with Crippen LogP contribution in [0.4, 0.5) is 5.69 Å². The Morgan fingerprint density at radius 3 is 2.59 bits per heavy atom. The second kappa shape index (κ2) is 9.79. The number of fused-ring (bicyclic) bond motifs is 1. The van der Waals surface area contributed by atoms with E-state index in [9.17, 15) is 14.4 Å². The number of rotatable bonds is 7. The molecule has 2 N–H and O–H groups in total. The summed E-state index contributed by atoms with van der Waals surface area (Å²) in [5, 5.41) is 6.06. The summed E-state index contributed by atoms with van der Waals surface area (Å²) in [6, 6.07) is 4.99. The van der Waals surface area contributed by atoms with Crippen molar-refractivity contribution in [2.24, 2.45) is 11.8 Å². The summed E-state index contributed by atoms with van der Waals surface area (Å²) in [4.78, 5) is 40.3. The smallest absolute Gasteiger partial charge is 0.243 e. The van der Waals surface area contributed by atoms with Crippen molar-refractivity contribution >= 4 is 23.4 Å². The fraction of sp³-hybridized carbons (Fsp3) is 0.625. The molecule has 1 saturated carbocycles. The molecule has 3 aliphatic rings. The van der Waals surface area contributed by atoms with E-state index in [4.69, 9.17) is 9.47 Å². The molecule has 3 atom stereocenters. The molecule has 1 aromatic rings. The van der Waals surface area contributed by atoms with Gasteiger partial charge >= 0.3 is 0 Å². The van der Waals surface area contributed by atoms with E-state index >= 15 is 0 Å². The summed E-state index contributed by atoms with van der Waals surface area (Å²) in [5.74, 6) is 0.295. The van der Waals surface area contributed by atoms with Gasteiger partial charge in [0.05, 0.1) is 5.92 Å². The first-order valence-corrected chi connectivity index (χ1v) is 11.8. The van der Waals surface area contributed by atoms with Gasteiger partial charge in [-0.05, 0) is 30.9 Å². The predicted molar refractivity (Wildman–Crippen MR) is 120 cm³/mol. The standard InChI is InChI=1S/C24H33N3O5/c1-3-15(2)22(24(30)25-17-6-4-5-7-17)26-23(29)16-12-21(28)27(14-16)18-8-9-19-20(13-18)32-11-10-31-19/h8-9,13,15-17,22H,3-7,10-12,14H2,1-2H3,(H,25,30)(H,26,29)/t15-,16-,22+/m1/s1. The number of amides is 3. The van der Waals surface area contributed by atoms with Crippen LogP contribution in [-0.2, 0) is 14.4 Å². The first-order valence-electron chi connectivity index (χ1n) is 11.8.